The number of nitrogens with two attached hydrogens (primary N) is 1. The molecule has 0 spiro atoms. The first-order chi connectivity index (χ1) is 9.19. The molecule has 0 bridgehead atoms. The van der Waals surface area contributed by atoms with Gasteiger partial charge in [-0.05, 0) is 32.3 Å². The van der Waals surface area contributed by atoms with E-state index in [1.165, 1.54) is 11.1 Å². The lowest BCUT2D eigenvalue weighted by molar-refractivity contribution is 0.569. The minimum atomic E-state index is 0.174. The van der Waals surface area contributed by atoms with E-state index < -0.39 is 0 Å². The second-order valence-corrected chi connectivity index (χ2v) is 5.12. The molecular weight excluding hydrogens is 234 g/mol. The maximum atomic E-state index is 6.22. The second kappa shape index (κ2) is 6.53. The van der Waals surface area contributed by atoms with Crippen LogP contribution in [-0.2, 0) is 19.4 Å². The largest absolute Gasteiger partial charge is 0.335 e. The van der Waals surface area contributed by atoms with Crippen LogP contribution < -0.4 is 5.73 Å². The van der Waals surface area contributed by atoms with Gasteiger partial charge in [0.05, 0.1) is 0 Å². The predicted molar refractivity (Wildman–Crippen MR) is 79.1 cm³/mol. The van der Waals surface area contributed by atoms with Crippen molar-refractivity contribution in [2.75, 3.05) is 0 Å². The van der Waals surface area contributed by atoms with Crippen LogP contribution in [0.4, 0.5) is 0 Å². The summed E-state index contributed by atoms with van der Waals surface area (Å²) in [4.78, 5) is 4.38. The van der Waals surface area contributed by atoms with Crippen LogP contribution in [-0.4, -0.2) is 15.6 Å². The minimum Gasteiger partial charge on any atom is -0.335 e. The number of rotatable bonds is 6. The SMILES string of the molecule is CCn1ccnc1CC(N)CCc1cccc(C)c1. The molecule has 1 heterocycles. The number of hydrogen-bond acceptors (Lipinski definition) is 2. The standard InChI is InChI=1S/C16H23N3/c1-3-19-10-9-18-16(19)12-15(17)8-7-14-6-4-5-13(2)11-14/h4-6,9-11,15H,3,7-8,12,17H2,1-2H3. The number of aromatic nitrogens is 2. The van der Waals surface area contributed by atoms with Gasteiger partial charge in [-0.2, -0.15) is 0 Å². The summed E-state index contributed by atoms with van der Waals surface area (Å²) < 4.78 is 2.16. The van der Waals surface area contributed by atoms with Gasteiger partial charge in [-0.15, -0.1) is 0 Å². The Labute approximate surface area is 115 Å². The molecule has 1 unspecified atom stereocenters. The van der Waals surface area contributed by atoms with Crippen LogP contribution in [0.5, 0.6) is 0 Å². The van der Waals surface area contributed by atoms with E-state index in [0.717, 1.165) is 31.6 Å². The Morgan fingerprint density at radius 2 is 2.21 bits per heavy atom. The maximum Gasteiger partial charge on any atom is 0.110 e. The number of imidazole rings is 1. The summed E-state index contributed by atoms with van der Waals surface area (Å²) in [7, 11) is 0. The molecule has 1 aromatic heterocycles. The summed E-state index contributed by atoms with van der Waals surface area (Å²) >= 11 is 0. The Hall–Kier alpha value is -1.61. The number of benzene rings is 1. The molecule has 0 saturated carbocycles. The molecule has 2 aromatic rings. The van der Waals surface area contributed by atoms with Gasteiger partial charge >= 0.3 is 0 Å². The Bertz CT molecular complexity index is 516. The van der Waals surface area contributed by atoms with Crippen molar-refractivity contribution in [1.29, 1.82) is 0 Å². The third-order valence-corrected chi connectivity index (χ3v) is 3.47. The van der Waals surface area contributed by atoms with Crippen LogP contribution in [0.2, 0.25) is 0 Å². The minimum absolute atomic E-state index is 0.174. The van der Waals surface area contributed by atoms with E-state index in [1.54, 1.807) is 0 Å². The van der Waals surface area contributed by atoms with Gasteiger partial charge in [0, 0.05) is 31.4 Å². The van der Waals surface area contributed by atoms with E-state index in [9.17, 15) is 0 Å². The van der Waals surface area contributed by atoms with Crippen molar-refractivity contribution in [3.63, 3.8) is 0 Å². The topological polar surface area (TPSA) is 43.8 Å². The first-order valence-corrected chi connectivity index (χ1v) is 7.00. The highest BCUT2D eigenvalue weighted by molar-refractivity contribution is 5.22. The number of hydrogen-bond donors (Lipinski definition) is 1. The highest BCUT2D eigenvalue weighted by Crippen LogP contribution is 2.10. The normalized spacial score (nSPS) is 12.6. The molecule has 3 heteroatoms. The van der Waals surface area contributed by atoms with Crippen molar-refractivity contribution in [2.45, 2.75) is 45.7 Å². The third-order valence-electron chi connectivity index (χ3n) is 3.47. The van der Waals surface area contributed by atoms with Crippen molar-refractivity contribution >= 4 is 0 Å². The van der Waals surface area contributed by atoms with Gasteiger partial charge in [0.2, 0.25) is 0 Å². The molecule has 102 valence electrons. The Morgan fingerprint density at radius 3 is 2.95 bits per heavy atom. The molecule has 1 aromatic carbocycles. The van der Waals surface area contributed by atoms with Gasteiger partial charge in [0.25, 0.3) is 0 Å². The van der Waals surface area contributed by atoms with Crippen molar-refractivity contribution in [1.82, 2.24) is 9.55 Å². The van der Waals surface area contributed by atoms with Crippen molar-refractivity contribution < 1.29 is 0 Å². The number of aryl methyl sites for hydroxylation is 3. The van der Waals surface area contributed by atoms with Crippen molar-refractivity contribution in [3.8, 4) is 0 Å². The lowest BCUT2D eigenvalue weighted by atomic mass is 10.0. The van der Waals surface area contributed by atoms with Crippen LogP contribution in [0.1, 0.15) is 30.3 Å². The van der Waals surface area contributed by atoms with E-state index in [4.69, 9.17) is 5.73 Å². The predicted octanol–water partition coefficient (Wildman–Crippen LogP) is 2.71. The average Bonchev–Trinajstić information content (AvgIpc) is 2.84. The maximum absolute atomic E-state index is 6.22. The number of nitrogens with zero attached hydrogens (tertiary/aromatic N) is 2. The zero-order chi connectivity index (χ0) is 13.7. The van der Waals surface area contributed by atoms with E-state index >= 15 is 0 Å². The highest BCUT2D eigenvalue weighted by Gasteiger charge is 2.08. The first-order valence-electron chi connectivity index (χ1n) is 7.00. The van der Waals surface area contributed by atoms with Crippen LogP contribution >= 0.6 is 0 Å². The molecular formula is C16H23N3. The molecule has 0 radical (unpaired) electrons. The fourth-order valence-electron chi connectivity index (χ4n) is 2.37. The molecule has 3 nitrogen and oxygen atoms in total. The lowest BCUT2D eigenvalue weighted by Gasteiger charge is -2.12. The summed E-state index contributed by atoms with van der Waals surface area (Å²) in [5.74, 6) is 1.10. The van der Waals surface area contributed by atoms with Gasteiger partial charge in [0.15, 0.2) is 0 Å². The molecule has 0 saturated heterocycles. The second-order valence-electron chi connectivity index (χ2n) is 5.12. The summed E-state index contributed by atoms with van der Waals surface area (Å²) in [6, 6.07) is 8.82. The van der Waals surface area contributed by atoms with Crippen LogP contribution in [0.3, 0.4) is 0 Å². The monoisotopic (exact) mass is 257 g/mol. The van der Waals surface area contributed by atoms with Crippen molar-refractivity contribution in [2.24, 2.45) is 5.73 Å². The molecule has 1 atom stereocenters. The van der Waals surface area contributed by atoms with Crippen LogP contribution in [0, 0.1) is 6.92 Å². The Balaban J connectivity index is 1.86. The smallest absolute Gasteiger partial charge is 0.110 e. The first kappa shape index (κ1) is 13.8. The van der Waals surface area contributed by atoms with E-state index in [0.29, 0.717) is 0 Å². The van der Waals surface area contributed by atoms with Gasteiger partial charge in [-0.25, -0.2) is 4.98 Å². The fraction of sp³-hybridized carbons (Fsp3) is 0.438. The molecule has 2 rings (SSSR count). The van der Waals surface area contributed by atoms with Gasteiger partial charge in [-0.1, -0.05) is 29.8 Å². The van der Waals surface area contributed by atoms with E-state index in [2.05, 4.69) is 47.7 Å². The highest BCUT2D eigenvalue weighted by atomic mass is 15.1. The fourth-order valence-corrected chi connectivity index (χ4v) is 2.37. The molecule has 19 heavy (non-hydrogen) atoms. The van der Waals surface area contributed by atoms with Crippen LogP contribution in [0.15, 0.2) is 36.7 Å². The quantitative estimate of drug-likeness (QED) is 0.864. The molecule has 2 N–H and O–H groups in total. The molecule has 0 aliphatic heterocycles. The third kappa shape index (κ3) is 3.93. The molecule has 0 fully saturated rings. The molecule has 0 amide bonds. The Kier molecular flexibility index (Phi) is 4.74. The van der Waals surface area contributed by atoms with Gasteiger partial charge in [0.1, 0.15) is 5.82 Å². The van der Waals surface area contributed by atoms with Crippen LogP contribution in [0.25, 0.3) is 0 Å². The summed E-state index contributed by atoms with van der Waals surface area (Å²) in [6.45, 7) is 5.21. The molecule has 0 aliphatic rings. The average molecular weight is 257 g/mol. The zero-order valence-electron chi connectivity index (χ0n) is 11.8. The van der Waals surface area contributed by atoms with Gasteiger partial charge in [-0.3, -0.25) is 0 Å². The molecule has 0 aliphatic carbocycles. The zero-order valence-corrected chi connectivity index (χ0v) is 11.8. The van der Waals surface area contributed by atoms with E-state index in [-0.39, 0.29) is 6.04 Å². The Morgan fingerprint density at radius 1 is 1.37 bits per heavy atom. The summed E-state index contributed by atoms with van der Waals surface area (Å²) in [5.41, 5.74) is 8.90. The van der Waals surface area contributed by atoms with Crippen molar-refractivity contribution in [3.05, 3.63) is 53.6 Å². The summed E-state index contributed by atoms with van der Waals surface area (Å²) in [6.07, 6.45) is 6.76. The summed E-state index contributed by atoms with van der Waals surface area (Å²) in [5, 5.41) is 0. The lowest BCUT2D eigenvalue weighted by Crippen LogP contribution is -2.25. The van der Waals surface area contributed by atoms with Gasteiger partial charge < -0.3 is 10.3 Å². The van der Waals surface area contributed by atoms with E-state index in [1.807, 2.05) is 12.4 Å².